The lowest BCUT2D eigenvalue weighted by molar-refractivity contribution is 0.511. The van der Waals surface area contributed by atoms with E-state index in [9.17, 15) is 8.78 Å². The van der Waals surface area contributed by atoms with Crippen molar-refractivity contribution in [3.05, 3.63) is 60.3 Å². The molecule has 83 valence electrons. The Hall–Kier alpha value is -2.16. The predicted molar refractivity (Wildman–Crippen MR) is 62.5 cm³/mol. The van der Waals surface area contributed by atoms with E-state index in [-0.39, 0.29) is 5.56 Å². The maximum absolute atomic E-state index is 13.7. The Bertz CT molecular complexity index is 686. The molecule has 0 aliphatic heterocycles. The fraction of sp³-hybridized carbons (Fsp3) is 0. The fourth-order valence-corrected chi connectivity index (χ4v) is 1.94. The van der Waals surface area contributed by atoms with E-state index in [2.05, 4.69) is 11.1 Å². The van der Waals surface area contributed by atoms with Crippen molar-refractivity contribution in [2.45, 2.75) is 0 Å². The summed E-state index contributed by atoms with van der Waals surface area (Å²) in [6.45, 7) is 0. The van der Waals surface area contributed by atoms with Gasteiger partial charge in [-0.1, -0.05) is 18.2 Å². The minimum Gasteiger partial charge on any atom is -0.361 e. The minimum absolute atomic E-state index is 0.232. The average molecular weight is 228 g/mol. The molecule has 1 nitrogen and oxygen atoms in total. The van der Waals surface area contributed by atoms with Crippen LogP contribution in [0.1, 0.15) is 0 Å². The van der Waals surface area contributed by atoms with E-state index in [1.807, 2.05) is 12.1 Å². The van der Waals surface area contributed by atoms with Crippen molar-refractivity contribution in [3.8, 4) is 11.1 Å². The average Bonchev–Trinajstić information content (AvgIpc) is 2.81. The Labute approximate surface area is 96.7 Å². The molecule has 1 heterocycles. The molecule has 17 heavy (non-hydrogen) atoms. The summed E-state index contributed by atoms with van der Waals surface area (Å²) in [5.41, 5.74) is 1.68. The number of benzene rings is 2. The Morgan fingerprint density at radius 3 is 2.82 bits per heavy atom. The van der Waals surface area contributed by atoms with Crippen LogP contribution in [0.3, 0.4) is 0 Å². The number of nitrogens with one attached hydrogen (secondary N) is 1. The maximum atomic E-state index is 13.7. The molecule has 0 aliphatic rings. The van der Waals surface area contributed by atoms with Crippen molar-refractivity contribution >= 4 is 10.9 Å². The molecule has 0 amide bonds. The predicted octanol–water partition coefficient (Wildman–Crippen LogP) is 3.91. The zero-order valence-electron chi connectivity index (χ0n) is 8.80. The highest BCUT2D eigenvalue weighted by molar-refractivity contribution is 5.94. The van der Waals surface area contributed by atoms with Gasteiger partial charge in [-0.15, -0.1) is 0 Å². The molecule has 0 fully saturated rings. The van der Waals surface area contributed by atoms with E-state index < -0.39 is 11.6 Å². The topological polar surface area (TPSA) is 15.8 Å². The van der Waals surface area contributed by atoms with E-state index in [4.69, 9.17) is 0 Å². The van der Waals surface area contributed by atoms with Gasteiger partial charge < -0.3 is 4.98 Å². The van der Waals surface area contributed by atoms with Crippen molar-refractivity contribution in [2.75, 3.05) is 0 Å². The van der Waals surface area contributed by atoms with Gasteiger partial charge >= 0.3 is 0 Å². The summed E-state index contributed by atoms with van der Waals surface area (Å²) in [5.74, 6) is -1.68. The summed E-state index contributed by atoms with van der Waals surface area (Å²) < 4.78 is 26.9. The highest BCUT2D eigenvalue weighted by Crippen LogP contribution is 2.30. The number of rotatable bonds is 1. The summed E-state index contributed by atoms with van der Waals surface area (Å²) in [7, 11) is 0. The van der Waals surface area contributed by atoms with Crippen LogP contribution in [0.15, 0.2) is 42.6 Å². The van der Waals surface area contributed by atoms with Crippen LogP contribution < -0.4 is 0 Å². The van der Waals surface area contributed by atoms with Crippen LogP contribution in [0.2, 0.25) is 0 Å². The summed E-state index contributed by atoms with van der Waals surface area (Å²) in [4.78, 5) is 3.03. The summed E-state index contributed by atoms with van der Waals surface area (Å²) >= 11 is 0. The van der Waals surface area contributed by atoms with Gasteiger partial charge in [0, 0.05) is 28.2 Å². The van der Waals surface area contributed by atoms with Gasteiger partial charge in [-0.25, -0.2) is 8.78 Å². The minimum atomic E-state index is -0.844. The first-order chi connectivity index (χ1) is 8.27. The van der Waals surface area contributed by atoms with E-state index in [1.165, 1.54) is 6.07 Å². The fourth-order valence-electron chi connectivity index (χ4n) is 1.94. The molecule has 0 saturated carbocycles. The molecule has 3 rings (SSSR count). The highest BCUT2D eigenvalue weighted by atomic mass is 19.2. The van der Waals surface area contributed by atoms with Crippen molar-refractivity contribution < 1.29 is 8.78 Å². The number of H-pyrrole nitrogens is 1. The molecule has 0 aliphatic carbocycles. The van der Waals surface area contributed by atoms with Gasteiger partial charge in [0.2, 0.25) is 0 Å². The maximum Gasteiger partial charge on any atom is 0.166 e. The van der Waals surface area contributed by atoms with Crippen LogP contribution in [0, 0.1) is 17.7 Å². The molecular weight excluding hydrogens is 220 g/mol. The third-order valence-corrected chi connectivity index (χ3v) is 2.75. The molecule has 0 saturated heterocycles. The first kappa shape index (κ1) is 10.0. The molecule has 0 bridgehead atoms. The number of hydrogen-bond donors (Lipinski definition) is 1. The molecule has 0 spiro atoms. The molecule has 0 unspecified atom stereocenters. The quantitative estimate of drug-likeness (QED) is 0.649. The molecule has 1 N–H and O–H groups in total. The van der Waals surface area contributed by atoms with E-state index in [0.29, 0.717) is 5.56 Å². The third kappa shape index (κ3) is 1.51. The van der Waals surface area contributed by atoms with Gasteiger partial charge in [-0.2, -0.15) is 0 Å². The van der Waals surface area contributed by atoms with Crippen LogP contribution in [-0.2, 0) is 0 Å². The van der Waals surface area contributed by atoms with Crippen LogP contribution in [0.4, 0.5) is 8.78 Å². The first-order valence-electron chi connectivity index (χ1n) is 5.19. The second-order valence-corrected chi connectivity index (χ2v) is 3.76. The molecular formula is C14H8F2N. The van der Waals surface area contributed by atoms with E-state index in [0.717, 1.165) is 17.0 Å². The number of aromatic amines is 1. The summed E-state index contributed by atoms with van der Waals surface area (Å²) in [6, 6.07) is 12.5. The standard InChI is InChI=1S/C14H8F2N/c15-12-5-1-4-11(14(12)16)9-3-2-6-13-10(9)7-8-17-13/h1-2,4-8,17H. The van der Waals surface area contributed by atoms with Gasteiger partial charge in [0.15, 0.2) is 11.6 Å². The Morgan fingerprint density at radius 1 is 1.06 bits per heavy atom. The van der Waals surface area contributed by atoms with Crippen molar-refractivity contribution in [1.29, 1.82) is 0 Å². The van der Waals surface area contributed by atoms with Gasteiger partial charge in [0.05, 0.1) is 0 Å². The zero-order valence-corrected chi connectivity index (χ0v) is 8.80. The molecule has 3 aromatic rings. The lowest BCUT2D eigenvalue weighted by Gasteiger charge is -2.05. The molecule has 1 aromatic heterocycles. The van der Waals surface area contributed by atoms with Gasteiger partial charge in [0.1, 0.15) is 0 Å². The van der Waals surface area contributed by atoms with Gasteiger partial charge in [0.25, 0.3) is 0 Å². The number of fused-ring (bicyclic) bond motifs is 1. The molecule has 0 atom stereocenters. The molecule has 2 aromatic carbocycles. The number of aromatic nitrogens is 1. The lowest BCUT2D eigenvalue weighted by Crippen LogP contribution is -1.89. The van der Waals surface area contributed by atoms with Gasteiger partial charge in [-0.05, 0) is 24.3 Å². The van der Waals surface area contributed by atoms with Crippen LogP contribution in [-0.4, -0.2) is 4.98 Å². The SMILES string of the molecule is Fc1cccc(-c2[c]ccc3[nH]ccc23)c1F. The summed E-state index contributed by atoms with van der Waals surface area (Å²) in [5, 5.41) is 0.831. The van der Waals surface area contributed by atoms with Crippen molar-refractivity contribution in [3.63, 3.8) is 0 Å². The van der Waals surface area contributed by atoms with Crippen LogP contribution in [0.25, 0.3) is 22.0 Å². The van der Waals surface area contributed by atoms with Gasteiger partial charge in [-0.3, -0.25) is 0 Å². The number of hydrogen-bond acceptors (Lipinski definition) is 0. The number of halogens is 2. The largest absolute Gasteiger partial charge is 0.361 e. The normalized spacial score (nSPS) is 10.9. The van der Waals surface area contributed by atoms with Crippen LogP contribution in [0.5, 0.6) is 0 Å². The van der Waals surface area contributed by atoms with Crippen molar-refractivity contribution in [2.24, 2.45) is 0 Å². The Kier molecular flexibility index (Phi) is 2.18. The monoisotopic (exact) mass is 228 g/mol. The smallest absolute Gasteiger partial charge is 0.166 e. The van der Waals surface area contributed by atoms with Crippen LogP contribution >= 0.6 is 0 Å². The van der Waals surface area contributed by atoms with E-state index >= 15 is 0 Å². The summed E-state index contributed by atoms with van der Waals surface area (Å²) in [6.07, 6.45) is 1.76. The third-order valence-electron chi connectivity index (χ3n) is 2.75. The highest BCUT2D eigenvalue weighted by Gasteiger charge is 2.12. The first-order valence-corrected chi connectivity index (χ1v) is 5.19. The van der Waals surface area contributed by atoms with Crippen molar-refractivity contribution in [1.82, 2.24) is 4.98 Å². The Balaban J connectivity index is 2.34. The lowest BCUT2D eigenvalue weighted by atomic mass is 10.0. The van der Waals surface area contributed by atoms with E-state index in [1.54, 1.807) is 18.3 Å². The second-order valence-electron chi connectivity index (χ2n) is 3.76. The zero-order chi connectivity index (χ0) is 11.8. The Morgan fingerprint density at radius 2 is 1.94 bits per heavy atom. The molecule has 3 heteroatoms. The molecule has 1 radical (unpaired) electrons. The second kappa shape index (κ2) is 3.70.